The van der Waals surface area contributed by atoms with Crippen LogP contribution in [-0.2, 0) is 20.9 Å². The van der Waals surface area contributed by atoms with E-state index in [0.29, 0.717) is 6.54 Å². The van der Waals surface area contributed by atoms with Gasteiger partial charge in [0.1, 0.15) is 6.61 Å². The molecule has 0 aliphatic rings. The van der Waals surface area contributed by atoms with Gasteiger partial charge in [-0.2, -0.15) is 0 Å². The number of carbonyl (C=O) groups is 2. The Labute approximate surface area is 112 Å². The van der Waals surface area contributed by atoms with Gasteiger partial charge in [0.25, 0.3) is 0 Å². The largest absolute Gasteiger partial charge is 0.479 e. The van der Waals surface area contributed by atoms with E-state index in [1.807, 2.05) is 31.2 Å². The minimum absolute atomic E-state index is 0.226. The highest BCUT2D eigenvalue weighted by Crippen LogP contribution is 2.09. The molecular weight excluding hydrogens is 246 g/mol. The first-order chi connectivity index (χ1) is 8.91. The maximum Gasteiger partial charge on any atom is 0.332 e. The summed E-state index contributed by atoms with van der Waals surface area (Å²) in [6, 6.07) is 7.80. The fourth-order valence-corrected chi connectivity index (χ4v) is 1.51. The van der Waals surface area contributed by atoms with E-state index in [1.54, 1.807) is 7.05 Å². The molecule has 0 fully saturated rings. The van der Waals surface area contributed by atoms with Gasteiger partial charge in [0, 0.05) is 13.6 Å². The second kappa shape index (κ2) is 6.89. The lowest BCUT2D eigenvalue weighted by Crippen LogP contribution is -2.33. The molecule has 0 aromatic heterocycles. The number of hydrogen-bond acceptors (Lipinski definition) is 3. The van der Waals surface area contributed by atoms with Gasteiger partial charge in [0.15, 0.2) is 6.10 Å². The van der Waals surface area contributed by atoms with Gasteiger partial charge >= 0.3 is 5.97 Å². The van der Waals surface area contributed by atoms with Crippen molar-refractivity contribution in [2.24, 2.45) is 0 Å². The van der Waals surface area contributed by atoms with Gasteiger partial charge in [-0.15, -0.1) is 0 Å². The number of hydrogen-bond donors (Lipinski definition) is 1. The van der Waals surface area contributed by atoms with Gasteiger partial charge in [-0.1, -0.05) is 24.3 Å². The van der Waals surface area contributed by atoms with Gasteiger partial charge < -0.3 is 14.7 Å². The van der Waals surface area contributed by atoms with Crippen LogP contribution >= 0.6 is 0 Å². The summed E-state index contributed by atoms with van der Waals surface area (Å²) in [6.07, 6.45) is -0.976. The van der Waals surface area contributed by atoms with E-state index in [-0.39, 0.29) is 12.5 Å². The number of nitrogens with zero attached hydrogens (tertiary/aromatic N) is 1. The van der Waals surface area contributed by atoms with E-state index in [1.165, 1.54) is 11.8 Å². The summed E-state index contributed by atoms with van der Waals surface area (Å²) in [5.74, 6) is -1.31. The molecule has 0 aliphatic heterocycles. The van der Waals surface area contributed by atoms with E-state index in [2.05, 4.69) is 0 Å². The maximum atomic E-state index is 11.8. The molecule has 0 bridgehead atoms. The van der Waals surface area contributed by atoms with Gasteiger partial charge in [0.05, 0.1) is 0 Å². The molecule has 0 saturated carbocycles. The molecule has 0 radical (unpaired) electrons. The van der Waals surface area contributed by atoms with Crippen molar-refractivity contribution >= 4 is 11.9 Å². The fourth-order valence-electron chi connectivity index (χ4n) is 1.51. The Morgan fingerprint density at radius 1 is 1.37 bits per heavy atom. The number of aliphatic carboxylic acids is 1. The zero-order chi connectivity index (χ0) is 14.4. The molecule has 0 spiro atoms. The maximum absolute atomic E-state index is 11.8. The van der Waals surface area contributed by atoms with Crippen LogP contribution in [0, 0.1) is 6.92 Å². The lowest BCUT2D eigenvalue weighted by atomic mass is 10.1. The first-order valence-corrected chi connectivity index (χ1v) is 6.04. The summed E-state index contributed by atoms with van der Waals surface area (Å²) < 4.78 is 4.96. The quantitative estimate of drug-likeness (QED) is 0.845. The lowest BCUT2D eigenvalue weighted by molar-refractivity contribution is -0.152. The molecule has 1 amide bonds. The van der Waals surface area contributed by atoms with Crippen molar-refractivity contribution in [3.8, 4) is 0 Å². The Bertz CT molecular complexity index is 459. The lowest BCUT2D eigenvalue weighted by Gasteiger charge is -2.19. The molecule has 1 atom stereocenters. The molecule has 1 rings (SSSR count). The molecule has 0 saturated heterocycles. The van der Waals surface area contributed by atoms with Crippen LogP contribution in [0.3, 0.4) is 0 Å². The Balaban J connectivity index is 2.50. The van der Waals surface area contributed by atoms with Crippen LogP contribution in [0.15, 0.2) is 24.3 Å². The van der Waals surface area contributed by atoms with E-state index in [9.17, 15) is 9.59 Å². The minimum atomic E-state index is -1.07. The van der Waals surface area contributed by atoms with Crippen LogP contribution in [0.1, 0.15) is 18.1 Å². The van der Waals surface area contributed by atoms with Crippen LogP contribution in [0.5, 0.6) is 0 Å². The monoisotopic (exact) mass is 265 g/mol. The summed E-state index contributed by atoms with van der Waals surface area (Å²) >= 11 is 0. The van der Waals surface area contributed by atoms with Crippen molar-refractivity contribution in [1.82, 2.24) is 4.90 Å². The van der Waals surface area contributed by atoms with Gasteiger partial charge in [-0.05, 0) is 25.0 Å². The Kier molecular flexibility index (Phi) is 5.51. The molecule has 5 heteroatoms. The standard InChI is InChI=1S/C14H19NO4/c1-10-6-4-5-7-12(10)8-15(3)13(16)9-19-11(2)14(17)18/h4-7,11H,8-9H2,1-3H3,(H,17,18). The van der Waals surface area contributed by atoms with Crippen molar-refractivity contribution in [2.45, 2.75) is 26.5 Å². The van der Waals surface area contributed by atoms with Gasteiger partial charge in [0.2, 0.25) is 5.91 Å². The van der Waals surface area contributed by atoms with Crippen molar-refractivity contribution in [2.75, 3.05) is 13.7 Å². The number of rotatable bonds is 6. The van der Waals surface area contributed by atoms with E-state index in [4.69, 9.17) is 9.84 Å². The second-order valence-electron chi connectivity index (χ2n) is 4.47. The third kappa shape index (κ3) is 4.71. The molecule has 1 aromatic rings. The number of amides is 1. The molecule has 104 valence electrons. The molecule has 1 N–H and O–H groups in total. The second-order valence-corrected chi connectivity index (χ2v) is 4.47. The third-order valence-corrected chi connectivity index (χ3v) is 2.90. The predicted molar refractivity (Wildman–Crippen MR) is 70.7 cm³/mol. The van der Waals surface area contributed by atoms with Gasteiger partial charge in [-0.25, -0.2) is 4.79 Å². The fraction of sp³-hybridized carbons (Fsp3) is 0.429. The SMILES string of the molecule is Cc1ccccc1CN(C)C(=O)COC(C)C(=O)O. The number of carbonyl (C=O) groups excluding carboxylic acids is 1. The average Bonchev–Trinajstić information content (AvgIpc) is 2.37. The zero-order valence-electron chi connectivity index (χ0n) is 11.4. The average molecular weight is 265 g/mol. The molecule has 19 heavy (non-hydrogen) atoms. The van der Waals surface area contributed by atoms with Crippen molar-refractivity contribution < 1.29 is 19.4 Å². The molecule has 1 unspecified atom stereocenters. The highest BCUT2D eigenvalue weighted by Gasteiger charge is 2.16. The van der Waals surface area contributed by atoms with Crippen LogP contribution in [0.4, 0.5) is 0 Å². The zero-order valence-corrected chi connectivity index (χ0v) is 11.4. The molecular formula is C14H19NO4. The Morgan fingerprint density at radius 2 is 2.00 bits per heavy atom. The molecule has 1 aromatic carbocycles. The first-order valence-electron chi connectivity index (χ1n) is 6.04. The topological polar surface area (TPSA) is 66.8 Å². The molecule has 0 heterocycles. The first kappa shape index (κ1) is 15.2. The van der Waals surface area contributed by atoms with E-state index >= 15 is 0 Å². The highest BCUT2D eigenvalue weighted by atomic mass is 16.5. The summed E-state index contributed by atoms with van der Waals surface area (Å²) in [4.78, 5) is 23.9. The Hall–Kier alpha value is -1.88. The van der Waals surface area contributed by atoms with Crippen molar-refractivity contribution in [1.29, 1.82) is 0 Å². The smallest absolute Gasteiger partial charge is 0.332 e. The number of ether oxygens (including phenoxy) is 1. The normalized spacial score (nSPS) is 11.9. The molecule has 5 nitrogen and oxygen atoms in total. The summed E-state index contributed by atoms with van der Waals surface area (Å²) in [7, 11) is 1.67. The number of likely N-dealkylation sites (N-methyl/N-ethyl adjacent to an activating group) is 1. The van der Waals surface area contributed by atoms with E-state index in [0.717, 1.165) is 11.1 Å². The summed E-state index contributed by atoms with van der Waals surface area (Å²) in [5.41, 5.74) is 2.17. The third-order valence-electron chi connectivity index (χ3n) is 2.90. The van der Waals surface area contributed by atoms with Crippen LogP contribution < -0.4 is 0 Å². The number of carboxylic acids is 1. The predicted octanol–water partition coefficient (Wildman–Crippen LogP) is 1.44. The Morgan fingerprint density at radius 3 is 2.58 bits per heavy atom. The molecule has 0 aliphatic carbocycles. The number of aryl methyl sites for hydroxylation is 1. The number of benzene rings is 1. The summed E-state index contributed by atoms with van der Waals surface area (Å²) in [6.45, 7) is 3.64. The van der Waals surface area contributed by atoms with Crippen LogP contribution in [0.25, 0.3) is 0 Å². The van der Waals surface area contributed by atoms with E-state index < -0.39 is 12.1 Å². The number of carboxylic acid groups (broad SMARTS) is 1. The van der Waals surface area contributed by atoms with Crippen LogP contribution in [-0.4, -0.2) is 41.6 Å². The summed E-state index contributed by atoms with van der Waals surface area (Å²) in [5, 5.41) is 8.66. The van der Waals surface area contributed by atoms with Crippen molar-refractivity contribution in [3.05, 3.63) is 35.4 Å². The van der Waals surface area contributed by atoms with Gasteiger partial charge in [-0.3, -0.25) is 4.79 Å². The van der Waals surface area contributed by atoms with Crippen molar-refractivity contribution in [3.63, 3.8) is 0 Å². The van der Waals surface area contributed by atoms with Crippen LogP contribution in [0.2, 0.25) is 0 Å². The minimum Gasteiger partial charge on any atom is -0.479 e. The highest BCUT2D eigenvalue weighted by molar-refractivity contribution is 5.78.